The highest BCUT2D eigenvalue weighted by Crippen LogP contribution is 2.17. The lowest BCUT2D eigenvalue weighted by molar-refractivity contribution is -0.115. The van der Waals surface area contributed by atoms with Crippen LogP contribution in [-0.2, 0) is 21.2 Å². The number of halogens is 1. The average molecular weight is 325 g/mol. The van der Waals surface area contributed by atoms with Gasteiger partial charge >= 0.3 is 0 Å². The number of benzene rings is 2. The van der Waals surface area contributed by atoms with Gasteiger partial charge in [0.25, 0.3) is 0 Å². The maximum atomic E-state index is 11.9. The number of carbonyl (C=O) groups is 1. The van der Waals surface area contributed by atoms with Crippen molar-refractivity contribution in [1.29, 1.82) is 0 Å². The van der Waals surface area contributed by atoms with E-state index in [0.717, 1.165) is 5.56 Å². The lowest BCUT2D eigenvalue weighted by atomic mass is 10.1. The summed E-state index contributed by atoms with van der Waals surface area (Å²) in [6, 6.07) is 12.7. The first-order valence-electron chi connectivity index (χ1n) is 6.02. The number of primary sulfonamides is 1. The lowest BCUT2D eigenvalue weighted by Gasteiger charge is -2.07. The van der Waals surface area contributed by atoms with E-state index in [2.05, 4.69) is 5.32 Å². The second kappa shape index (κ2) is 6.26. The molecule has 2 aromatic carbocycles. The third-order valence-electron chi connectivity index (χ3n) is 2.78. The van der Waals surface area contributed by atoms with Crippen LogP contribution in [0.15, 0.2) is 53.4 Å². The molecule has 5 nitrogen and oxygen atoms in total. The fourth-order valence-electron chi connectivity index (χ4n) is 1.75. The smallest absolute Gasteiger partial charge is 0.238 e. The molecule has 7 heteroatoms. The van der Waals surface area contributed by atoms with E-state index in [1.807, 2.05) is 0 Å². The van der Waals surface area contributed by atoms with Crippen molar-refractivity contribution in [2.75, 3.05) is 5.32 Å². The third kappa shape index (κ3) is 4.29. The van der Waals surface area contributed by atoms with Crippen molar-refractivity contribution in [1.82, 2.24) is 0 Å². The Hall–Kier alpha value is -1.89. The van der Waals surface area contributed by atoms with Crippen LogP contribution in [0.3, 0.4) is 0 Å². The van der Waals surface area contributed by atoms with Crippen LogP contribution in [0.25, 0.3) is 0 Å². The van der Waals surface area contributed by atoms with Gasteiger partial charge in [-0.3, -0.25) is 4.79 Å². The molecule has 0 aromatic heterocycles. The summed E-state index contributed by atoms with van der Waals surface area (Å²) in [5, 5.41) is 8.19. The van der Waals surface area contributed by atoms with E-state index in [9.17, 15) is 13.2 Å². The molecular formula is C14H13ClN2O3S. The molecule has 0 radical (unpaired) electrons. The Morgan fingerprint density at radius 2 is 1.71 bits per heavy atom. The molecule has 110 valence electrons. The summed E-state index contributed by atoms with van der Waals surface area (Å²) in [5.41, 5.74) is 1.21. The van der Waals surface area contributed by atoms with Gasteiger partial charge in [0.1, 0.15) is 0 Å². The summed E-state index contributed by atoms with van der Waals surface area (Å²) in [5.74, 6) is -0.244. The van der Waals surface area contributed by atoms with Crippen molar-refractivity contribution in [3.8, 4) is 0 Å². The molecule has 0 saturated carbocycles. The van der Waals surface area contributed by atoms with E-state index in [1.54, 1.807) is 24.3 Å². The first kappa shape index (κ1) is 15.5. The maximum Gasteiger partial charge on any atom is 0.238 e. The number of carbonyl (C=O) groups excluding carboxylic acids is 1. The molecule has 0 bridgehead atoms. The molecule has 0 aliphatic rings. The fourth-order valence-corrected chi connectivity index (χ4v) is 2.47. The number of hydrogen-bond donors (Lipinski definition) is 2. The van der Waals surface area contributed by atoms with Gasteiger partial charge < -0.3 is 5.32 Å². The van der Waals surface area contributed by atoms with Crippen molar-refractivity contribution < 1.29 is 13.2 Å². The number of rotatable bonds is 4. The second-order valence-electron chi connectivity index (χ2n) is 4.39. The second-order valence-corrected chi connectivity index (χ2v) is 6.35. The van der Waals surface area contributed by atoms with Gasteiger partial charge in [-0.15, -0.1) is 0 Å². The van der Waals surface area contributed by atoms with E-state index in [0.29, 0.717) is 10.7 Å². The van der Waals surface area contributed by atoms with Crippen LogP contribution in [0.1, 0.15) is 5.56 Å². The monoisotopic (exact) mass is 324 g/mol. The van der Waals surface area contributed by atoms with Crippen molar-refractivity contribution in [3.63, 3.8) is 0 Å². The van der Waals surface area contributed by atoms with Crippen LogP contribution in [0, 0.1) is 0 Å². The Labute approximate surface area is 127 Å². The van der Waals surface area contributed by atoms with Gasteiger partial charge in [-0.1, -0.05) is 29.8 Å². The molecule has 0 spiro atoms. The molecule has 0 atom stereocenters. The molecule has 0 aliphatic heterocycles. The molecular weight excluding hydrogens is 312 g/mol. The summed E-state index contributed by atoms with van der Waals surface area (Å²) >= 11 is 5.98. The highest BCUT2D eigenvalue weighted by atomic mass is 35.5. The molecule has 0 fully saturated rings. The fraction of sp³-hybridized carbons (Fsp3) is 0.0714. The molecule has 0 heterocycles. The zero-order valence-electron chi connectivity index (χ0n) is 10.9. The minimum Gasteiger partial charge on any atom is -0.326 e. The molecule has 0 aliphatic carbocycles. The van der Waals surface area contributed by atoms with Crippen LogP contribution >= 0.6 is 11.6 Å². The van der Waals surface area contributed by atoms with E-state index in [4.69, 9.17) is 16.7 Å². The van der Waals surface area contributed by atoms with Gasteiger partial charge in [0, 0.05) is 10.7 Å². The Morgan fingerprint density at radius 3 is 2.29 bits per heavy atom. The Balaban J connectivity index is 2.05. The first-order chi connectivity index (χ1) is 9.86. The highest BCUT2D eigenvalue weighted by Gasteiger charge is 2.09. The van der Waals surface area contributed by atoms with E-state index in [-0.39, 0.29) is 17.2 Å². The highest BCUT2D eigenvalue weighted by molar-refractivity contribution is 7.89. The van der Waals surface area contributed by atoms with E-state index in [1.165, 1.54) is 24.3 Å². The molecule has 2 rings (SSSR count). The molecule has 2 aromatic rings. The average Bonchev–Trinajstić information content (AvgIpc) is 2.41. The number of nitrogens with two attached hydrogens (primary N) is 1. The van der Waals surface area contributed by atoms with Gasteiger partial charge in [-0.05, 0) is 35.9 Å². The SMILES string of the molecule is NS(=O)(=O)c1ccc(NC(=O)Cc2ccccc2Cl)cc1. The summed E-state index contributed by atoms with van der Waals surface area (Å²) in [6.07, 6.45) is 0.136. The van der Waals surface area contributed by atoms with Gasteiger partial charge in [0.2, 0.25) is 15.9 Å². The van der Waals surface area contributed by atoms with Gasteiger partial charge in [0.15, 0.2) is 0 Å². The molecule has 0 saturated heterocycles. The number of hydrogen-bond acceptors (Lipinski definition) is 3. The van der Waals surface area contributed by atoms with Crippen molar-refractivity contribution >= 4 is 33.2 Å². The van der Waals surface area contributed by atoms with Gasteiger partial charge in [0.05, 0.1) is 11.3 Å². The number of amides is 1. The molecule has 1 amide bonds. The zero-order chi connectivity index (χ0) is 15.5. The van der Waals surface area contributed by atoms with Crippen LogP contribution in [0.2, 0.25) is 5.02 Å². The van der Waals surface area contributed by atoms with Crippen LogP contribution in [0.4, 0.5) is 5.69 Å². The quantitative estimate of drug-likeness (QED) is 0.903. The predicted molar refractivity (Wildman–Crippen MR) is 81.6 cm³/mol. The number of sulfonamides is 1. The van der Waals surface area contributed by atoms with Crippen molar-refractivity contribution in [2.45, 2.75) is 11.3 Å². The molecule has 21 heavy (non-hydrogen) atoms. The minimum absolute atomic E-state index is 0.00778. The standard InChI is InChI=1S/C14H13ClN2O3S/c15-13-4-2-1-3-10(13)9-14(18)17-11-5-7-12(8-6-11)21(16,19)20/h1-8H,9H2,(H,17,18)(H2,16,19,20). The van der Waals surface area contributed by atoms with Gasteiger partial charge in [-0.25, -0.2) is 13.6 Å². The largest absolute Gasteiger partial charge is 0.326 e. The summed E-state index contributed by atoms with van der Waals surface area (Å²) in [7, 11) is -3.73. The minimum atomic E-state index is -3.73. The number of anilines is 1. The van der Waals surface area contributed by atoms with Crippen LogP contribution in [0.5, 0.6) is 0 Å². The summed E-state index contributed by atoms with van der Waals surface area (Å²) < 4.78 is 22.2. The van der Waals surface area contributed by atoms with E-state index >= 15 is 0 Å². The zero-order valence-corrected chi connectivity index (χ0v) is 12.5. The van der Waals surface area contributed by atoms with E-state index < -0.39 is 10.0 Å². The predicted octanol–water partition coefficient (Wildman–Crippen LogP) is 2.17. The Bertz CT molecular complexity index is 758. The maximum absolute atomic E-state index is 11.9. The third-order valence-corrected chi connectivity index (χ3v) is 4.07. The normalized spacial score (nSPS) is 11.1. The van der Waals surface area contributed by atoms with Gasteiger partial charge in [-0.2, -0.15) is 0 Å². The first-order valence-corrected chi connectivity index (χ1v) is 7.95. The summed E-state index contributed by atoms with van der Waals surface area (Å²) in [4.78, 5) is 11.9. The van der Waals surface area contributed by atoms with Crippen LogP contribution in [-0.4, -0.2) is 14.3 Å². The topological polar surface area (TPSA) is 89.3 Å². The summed E-state index contributed by atoms with van der Waals surface area (Å²) in [6.45, 7) is 0. The van der Waals surface area contributed by atoms with Crippen LogP contribution < -0.4 is 10.5 Å². The Kier molecular flexibility index (Phi) is 4.62. The molecule has 3 N–H and O–H groups in total. The Morgan fingerprint density at radius 1 is 1.10 bits per heavy atom. The molecule has 0 unspecified atom stereocenters. The lowest BCUT2D eigenvalue weighted by Crippen LogP contribution is -2.15. The van der Waals surface area contributed by atoms with Crippen molar-refractivity contribution in [2.24, 2.45) is 5.14 Å². The number of nitrogens with one attached hydrogen (secondary N) is 1. The van der Waals surface area contributed by atoms with Crippen molar-refractivity contribution in [3.05, 3.63) is 59.1 Å².